The fraction of sp³-hybridized carbons (Fsp3) is 0.231. The zero-order valence-electron chi connectivity index (χ0n) is 10.4. The van der Waals surface area contributed by atoms with Crippen LogP contribution in [0, 0.1) is 0 Å². The van der Waals surface area contributed by atoms with Gasteiger partial charge in [0, 0.05) is 5.02 Å². The fourth-order valence-electron chi connectivity index (χ4n) is 1.83. The number of halogens is 1. The first kappa shape index (κ1) is 13.8. The van der Waals surface area contributed by atoms with Crippen LogP contribution < -0.4 is 10.2 Å². The number of benzene rings is 1. The van der Waals surface area contributed by atoms with Gasteiger partial charge in [-0.05, 0) is 25.1 Å². The summed E-state index contributed by atoms with van der Waals surface area (Å²) in [5, 5.41) is 3.62. The minimum atomic E-state index is -0.472. The molecule has 100 valence electrons. The third-order valence-corrected chi connectivity index (χ3v) is 3.44. The lowest BCUT2D eigenvalue weighted by Gasteiger charge is -2.35. The molecule has 1 aromatic carbocycles. The predicted octanol–water partition coefficient (Wildman–Crippen LogP) is 3.61. The van der Waals surface area contributed by atoms with E-state index in [1.54, 1.807) is 18.2 Å². The normalized spacial score (nSPS) is 17.5. The molecular formula is C13H13ClN2O2S. The average Bonchev–Trinajstić information content (AvgIpc) is 2.38. The summed E-state index contributed by atoms with van der Waals surface area (Å²) in [7, 11) is 0. The molecule has 2 rings (SSSR count). The molecule has 1 heterocycles. The number of nitrogens with zero attached hydrogens (tertiary/aromatic N) is 1. The summed E-state index contributed by atoms with van der Waals surface area (Å²) in [5.74, 6) is 0. The molecule has 0 saturated carbocycles. The highest BCUT2D eigenvalue weighted by atomic mass is 35.5. The fourth-order valence-corrected chi connectivity index (χ4v) is 2.21. The number of hydrogen-bond donors (Lipinski definition) is 1. The largest absolute Gasteiger partial charge is 0.445 e. The molecule has 0 aliphatic carbocycles. The maximum Gasteiger partial charge on any atom is 0.415 e. The summed E-state index contributed by atoms with van der Waals surface area (Å²) in [6, 6.07) is 4.93. The smallest absolute Gasteiger partial charge is 0.415 e. The maximum atomic E-state index is 12.1. The molecule has 0 radical (unpaired) electrons. The van der Waals surface area contributed by atoms with Crippen LogP contribution in [0.3, 0.4) is 0 Å². The molecule has 1 aliphatic rings. The van der Waals surface area contributed by atoms with Gasteiger partial charge in [0.15, 0.2) is 0 Å². The Morgan fingerprint density at radius 3 is 3.11 bits per heavy atom. The number of thiocarbonyl (C=S) groups is 1. The van der Waals surface area contributed by atoms with E-state index in [0.717, 1.165) is 5.69 Å². The van der Waals surface area contributed by atoms with Crippen LogP contribution in [-0.4, -0.2) is 23.7 Å². The lowest BCUT2D eigenvalue weighted by atomic mass is 10.1. The number of carbonyl (C=O) groups is 1. The van der Waals surface area contributed by atoms with Gasteiger partial charge in [0.25, 0.3) is 0 Å². The van der Waals surface area contributed by atoms with Gasteiger partial charge in [-0.3, -0.25) is 4.90 Å². The van der Waals surface area contributed by atoms with E-state index in [-0.39, 0.29) is 12.6 Å². The Balaban J connectivity index is 2.40. The number of hydrogen-bond acceptors (Lipinski definition) is 3. The quantitative estimate of drug-likeness (QED) is 0.669. The van der Waals surface area contributed by atoms with Crippen LogP contribution in [0.25, 0.3) is 0 Å². The van der Waals surface area contributed by atoms with Gasteiger partial charge in [-0.15, -0.1) is 0 Å². The molecule has 0 unspecified atom stereocenters. The van der Waals surface area contributed by atoms with Crippen LogP contribution in [0.2, 0.25) is 5.02 Å². The monoisotopic (exact) mass is 296 g/mol. The number of fused-ring (bicyclic) bond motifs is 1. The van der Waals surface area contributed by atoms with Crippen molar-refractivity contribution in [2.45, 2.75) is 13.0 Å². The summed E-state index contributed by atoms with van der Waals surface area (Å²) in [4.78, 5) is 14.2. The van der Waals surface area contributed by atoms with Crippen LogP contribution in [0.4, 0.5) is 16.2 Å². The van der Waals surface area contributed by atoms with E-state index in [1.165, 1.54) is 11.0 Å². The number of rotatable bonds is 2. The zero-order valence-corrected chi connectivity index (χ0v) is 11.9. The highest BCUT2D eigenvalue weighted by Crippen LogP contribution is 2.35. The highest BCUT2D eigenvalue weighted by molar-refractivity contribution is 7.80. The van der Waals surface area contributed by atoms with Crippen LogP contribution in [0.1, 0.15) is 6.92 Å². The first-order valence-electron chi connectivity index (χ1n) is 5.72. The van der Waals surface area contributed by atoms with Gasteiger partial charge in [0.05, 0.1) is 17.4 Å². The standard InChI is InChI=1S/C13H13ClN2O2S/c1-3-6-18-13(17)16-8(2)12(19)15-10-5-4-9(14)7-11(10)16/h3-5,7-8H,1,6H2,2H3,(H,15,19)/t8-/m0/s1. The van der Waals surface area contributed by atoms with Crippen LogP contribution in [0.5, 0.6) is 0 Å². The summed E-state index contributed by atoms with van der Waals surface area (Å²) < 4.78 is 5.08. The summed E-state index contributed by atoms with van der Waals surface area (Å²) in [6.07, 6.45) is 1.04. The van der Waals surface area contributed by atoms with Crippen molar-refractivity contribution in [3.63, 3.8) is 0 Å². The number of ether oxygens (including phenoxy) is 1. The van der Waals surface area contributed by atoms with E-state index in [0.29, 0.717) is 15.7 Å². The van der Waals surface area contributed by atoms with Crippen molar-refractivity contribution in [1.29, 1.82) is 0 Å². The number of anilines is 2. The Kier molecular flexibility index (Phi) is 4.07. The van der Waals surface area contributed by atoms with Gasteiger partial charge >= 0.3 is 6.09 Å². The molecule has 1 aliphatic heterocycles. The second-order valence-corrected chi connectivity index (χ2v) is 4.94. The maximum absolute atomic E-state index is 12.1. The van der Waals surface area contributed by atoms with Gasteiger partial charge in [-0.1, -0.05) is 36.5 Å². The lowest BCUT2D eigenvalue weighted by molar-refractivity contribution is 0.165. The molecule has 1 amide bonds. The number of amides is 1. The lowest BCUT2D eigenvalue weighted by Crippen LogP contribution is -2.48. The van der Waals surface area contributed by atoms with Crippen molar-refractivity contribution in [2.24, 2.45) is 0 Å². The Morgan fingerprint density at radius 2 is 2.42 bits per heavy atom. The third kappa shape index (κ3) is 2.72. The summed E-state index contributed by atoms with van der Waals surface area (Å²) in [5.41, 5.74) is 1.39. The predicted molar refractivity (Wildman–Crippen MR) is 81.2 cm³/mol. The van der Waals surface area contributed by atoms with Crippen molar-refractivity contribution in [3.05, 3.63) is 35.9 Å². The van der Waals surface area contributed by atoms with E-state index in [2.05, 4.69) is 11.9 Å². The van der Waals surface area contributed by atoms with Gasteiger partial charge in [-0.25, -0.2) is 4.79 Å². The molecule has 0 fully saturated rings. The summed E-state index contributed by atoms with van der Waals surface area (Å²) >= 11 is 11.2. The number of nitrogens with one attached hydrogen (secondary N) is 1. The zero-order chi connectivity index (χ0) is 14.0. The second-order valence-electron chi connectivity index (χ2n) is 4.06. The Labute approximate surface area is 122 Å². The second kappa shape index (κ2) is 5.59. The first-order chi connectivity index (χ1) is 9.04. The van der Waals surface area contributed by atoms with Crippen molar-refractivity contribution in [2.75, 3.05) is 16.8 Å². The van der Waals surface area contributed by atoms with Crippen molar-refractivity contribution < 1.29 is 9.53 Å². The van der Waals surface area contributed by atoms with Crippen molar-refractivity contribution in [3.8, 4) is 0 Å². The van der Waals surface area contributed by atoms with Gasteiger partial charge < -0.3 is 10.1 Å². The van der Waals surface area contributed by atoms with E-state index in [4.69, 9.17) is 28.6 Å². The van der Waals surface area contributed by atoms with E-state index < -0.39 is 6.09 Å². The third-order valence-electron chi connectivity index (χ3n) is 2.77. The molecule has 0 aromatic heterocycles. The van der Waals surface area contributed by atoms with Gasteiger partial charge in [0.1, 0.15) is 11.6 Å². The van der Waals surface area contributed by atoms with Crippen molar-refractivity contribution in [1.82, 2.24) is 0 Å². The Bertz CT molecular complexity index is 547. The molecule has 1 aromatic rings. The number of carbonyl (C=O) groups excluding carboxylic acids is 1. The van der Waals surface area contributed by atoms with Gasteiger partial charge in [0.2, 0.25) is 0 Å². The molecule has 0 spiro atoms. The minimum Gasteiger partial charge on any atom is -0.445 e. The molecular weight excluding hydrogens is 284 g/mol. The Hall–Kier alpha value is -1.59. The molecule has 6 heteroatoms. The molecule has 0 saturated heterocycles. The molecule has 1 N–H and O–H groups in total. The minimum absolute atomic E-state index is 0.151. The van der Waals surface area contributed by atoms with E-state index >= 15 is 0 Å². The van der Waals surface area contributed by atoms with E-state index in [9.17, 15) is 4.79 Å². The molecule has 0 bridgehead atoms. The Morgan fingerprint density at radius 1 is 1.68 bits per heavy atom. The molecule has 1 atom stereocenters. The van der Waals surface area contributed by atoms with Crippen molar-refractivity contribution >= 4 is 46.3 Å². The first-order valence-corrected chi connectivity index (χ1v) is 6.50. The summed E-state index contributed by atoms with van der Waals surface area (Å²) in [6.45, 7) is 5.49. The average molecular weight is 297 g/mol. The molecule has 19 heavy (non-hydrogen) atoms. The van der Waals surface area contributed by atoms with Crippen LogP contribution >= 0.6 is 23.8 Å². The van der Waals surface area contributed by atoms with Crippen LogP contribution in [0.15, 0.2) is 30.9 Å². The molecule has 4 nitrogen and oxygen atoms in total. The SMILES string of the molecule is C=CCOC(=O)N1c2cc(Cl)ccc2NC(=S)[C@@H]1C. The highest BCUT2D eigenvalue weighted by Gasteiger charge is 2.32. The topological polar surface area (TPSA) is 41.6 Å². The van der Waals surface area contributed by atoms with Gasteiger partial charge in [-0.2, -0.15) is 0 Å². The van der Waals surface area contributed by atoms with E-state index in [1.807, 2.05) is 6.92 Å². The van der Waals surface area contributed by atoms with Crippen LogP contribution in [-0.2, 0) is 4.74 Å².